The van der Waals surface area contributed by atoms with Gasteiger partial charge in [-0.3, -0.25) is 4.79 Å². The van der Waals surface area contributed by atoms with Crippen LogP contribution in [0.2, 0.25) is 10.0 Å². The Morgan fingerprint density at radius 3 is 2.63 bits per heavy atom. The molecular weight excluding hydrogens is 393 g/mol. The Morgan fingerprint density at radius 2 is 1.85 bits per heavy atom. The molecule has 1 amide bonds. The molecular formula is C19H17Cl2NO5. The van der Waals surface area contributed by atoms with Crippen LogP contribution in [0.15, 0.2) is 36.4 Å². The lowest BCUT2D eigenvalue weighted by Crippen LogP contribution is -2.30. The highest BCUT2D eigenvalue weighted by atomic mass is 35.5. The Bertz CT molecular complexity index is 871. The molecule has 1 N–H and O–H groups in total. The van der Waals surface area contributed by atoms with Gasteiger partial charge in [-0.15, -0.1) is 0 Å². The second-order valence-corrected chi connectivity index (χ2v) is 6.67. The Kier molecular flexibility index (Phi) is 6.08. The van der Waals surface area contributed by atoms with Crippen LogP contribution in [-0.2, 0) is 9.53 Å². The predicted molar refractivity (Wildman–Crippen MR) is 102 cm³/mol. The van der Waals surface area contributed by atoms with E-state index in [1.54, 1.807) is 24.3 Å². The first kappa shape index (κ1) is 19.3. The number of halogens is 2. The molecule has 1 atom stereocenters. The van der Waals surface area contributed by atoms with Gasteiger partial charge in [-0.05, 0) is 31.2 Å². The Hall–Kier alpha value is -2.44. The summed E-state index contributed by atoms with van der Waals surface area (Å²) in [5.74, 6) is -0.429. The number of benzene rings is 2. The number of hydrogen-bond donors (Lipinski definition) is 1. The smallest absolute Gasteiger partial charge is 0.339 e. The summed E-state index contributed by atoms with van der Waals surface area (Å²) in [5.41, 5.74) is 0.604. The summed E-state index contributed by atoms with van der Waals surface area (Å²) < 4.78 is 16.3. The van der Waals surface area contributed by atoms with Crippen LogP contribution in [0.4, 0.5) is 5.69 Å². The minimum absolute atomic E-state index is 0.168. The molecule has 142 valence electrons. The van der Waals surface area contributed by atoms with Gasteiger partial charge >= 0.3 is 5.97 Å². The average Bonchev–Trinajstić information content (AvgIpc) is 2.89. The molecule has 6 nitrogen and oxygen atoms in total. The van der Waals surface area contributed by atoms with Crippen LogP contribution in [0.1, 0.15) is 23.7 Å². The van der Waals surface area contributed by atoms with Crippen molar-refractivity contribution in [2.75, 3.05) is 18.5 Å². The van der Waals surface area contributed by atoms with Crippen LogP contribution >= 0.6 is 23.2 Å². The van der Waals surface area contributed by atoms with Crippen molar-refractivity contribution in [2.45, 2.75) is 19.4 Å². The molecule has 3 rings (SSSR count). The second-order valence-electron chi connectivity index (χ2n) is 5.85. The van der Waals surface area contributed by atoms with Crippen molar-refractivity contribution >= 4 is 40.8 Å². The van der Waals surface area contributed by atoms with Crippen molar-refractivity contribution in [3.05, 3.63) is 52.0 Å². The largest absolute Gasteiger partial charge is 0.489 e. The molecule has 0 bridgehead atoms. The third kappa shape index (κ3) is 4.64. The van der Waals surface area contributed by atoms with E-state index < -0.39 is 18.0 Å². The van der Waals surface area contributed by atoms with Gasteiger partial charge in [0.15, 0.2) is 17.6 Å². The molecule has 1 aliphatic rings. The van der Waals surface area contributed by atoms with Gasteiger partial charge in [-0.2, -0.15) is 0 Å². The molecule has 0 saturated carbocycles. The first-order valence-corrected chi connectivity index (χ1v) is 9.07. The number of hydrogen-bond acceptors (Lipinski definition) is 5. The first-order valence-electron chi connectivity index (χ1n) is 8.31. The number of nitrogens with one attached hydrogen (secondary N) is 1. The van der Waals surface area contributed by atoms with Gasteiger partial charge < -0.3 is 19.5 Å². The van der Waals surface area contributed by atoms with Crippen molar-refractivity contribution in [3.8, 4) is 11.5 Å². The van der Waals surface area contributed by atoms with E-state index in [0.717, 1.165) is 0 Å². The quantitative estimate of drug-likeness (QED) is 0.760. The number of amides is 1. The number of carbonyl (C=O) groups is 2. The molecule has 8 heteroatoms. The van der Waals surface area contributed by atoms with Gasteiger partial charge in [-0.25, -0.2) is 4.79 Å². The second kappa shape index (κ2) is 8.50. The van der Waals surface area contributed by atoms with Gasteiger partial charge in [-0.1, -0.05) is 35.3 Å². The lowest BCUT2D eigenvalue weighted by Gasteiger charge is -2.15. The topological polar surface area (TPSA) is 73.9 Å². The molecule has 2 aromatic carbocycles. The van der Waals surface area contributed by atoms with Crippen LogP contribution in [0.5, 0.6) is 11.5 Å². The molecule has 2 aromatic rings. The number of fused-ring (bicyclic) bond motifs is 1. The van der Waals surface area contributed by atoms with Gasteiger partial charge in [0.05, 0.1) is 34.5 Å². The molecule has 0 radical (unpaired) electrons. The third-order valence-electron chi connectivity index (χ3n) is 3.82. The molecule has 0 saturated heterocycles. The van der Waals surface area contributed by atoms with Crippen LogP contribution < -0.4 is 14.8 Å². The normalized spacial score (nSPS) is 14.0. The molecule has 1 heterocycles. The summed E-state index contributed by atoms with van der Waals surface area (Å²) in [6.45, 7) is 2.41. The molecule has 1 aliphatic heterocycles. The maximum Gasteiger partial charge on any atom is 0.339 e. The lowest BCUT2D eigenvalue weighted by atomic mass is 10.2. The maximum absolute atomic E-state index is 12.4. The predicted octanol–water partition coefficient (Wildman–Crippen LogP) is 4.34. The third-order valence-corrected chi connectivity index (χ3v) is 4.43. The zero-order valence-corrected chi connectivity index (χ0v) is 16.0. The maximum atomic E-state index is 12.4. The number of anilines is 1. The highest BCUT2D eigenvalue weighted by molar-refractivity contribution is 6.33. The van der Waals surface area contributed by atoms with Crippen molar-refractivity contribution in [1.29, 1.82) is 0 Å². The van der Waals surface area contributed by atoms with Crippen molar-refractivity contribution in [3.63, 3.8) is 0 Å². The molecule has 0 aromatic heterocycles. The van der Waals surface area contributed by atoms with Gasteiger partial charge in [0.1, 0.15) is 0 Å². The Morgan fingerprint density at radius 1 is 1.11 bits per heavy atom. The zero-order valence-electron chi connectivity index (χ0n) is 14.5. The van der Waals surface area contributed by atoms with E-state index in [2.05, 4.69) is 5.32 Å². The number of rotatable bonds is 4. The fourth-order valence-electron chi connectivity index (χ4n) is 2.43. The van der Waals surface area contributed by atoms with Crippen LogP contribution in [-0.4, -0.2) is 31.2 Å². The van der Waals surface area contributed by atoms with Gasteiger partial charge in [0.2, 0.25) is 0 Å². The molecule has 0 fully saturated rings. The standard InChI is InChI=1S/C19H17Cl2NO5/c1-11(18(23)22-15-6-3-2-5-13(15)20)27-19(24)12-9-14(21)17-16(10-12)25-7-4-8-26-17/h2-3,5-6,9-11H,4,7-8H2,1H3,(H,22,23)/t11-/m1/s1. The minimum Gasteiger partial charge on any atom is -0.489 e. The van der Waals surface area contributed by atoms with Crippen LogP contribution in [0.3, 0.4) is 0 Å². The van der Waals surface area contributed by atoms with Crippen molar-refractivity contribution < 1.29 is 23.8 Å². The number of ether oxygens (including phenoxy) is 3. The Labute approximate surface area is 166 Å². The molecule has 27 heavy (non-hydrogen) atoms. The van der Waals surface area contributed by atoms with E-state index in [1.165, 1.54) is 19.1 Å². The monoisotopic (exact) mass is 409 g/mol. The molecule has 0 spiro atoms. The highest BCUT2D eigenvalue weighted by Crippen LogP contribution is 2.38. The van der Waals surface area contributed by atoms with Gasteiger partial charge in [0, 0.05) is 6.42 Å². The van der Waals surface area contributed by atoms with E-state index in [9.17, 15) is 9.59 Å². The summed E-state index contributed by atoms with van der Waals surface area (Å²) in [7, 11) is 0. The molecule has 0 unspecified atom stereocenters. The van der Waals surface area contributed by atoms with Crippen LogP contribution in [0.25, 0.3) is 0 Å². The van der Waals surface area contributed by atoms with Crippen molar-refractivity contribution in [1.82, 2.24) is 0 Å². The summed E-state index contributed by atoms with van der Waals surface area (Å²) in [6.07, 6.45) is -0.326. The Balaban J connectivity index is 1.69. The van der Waals surface area contributed by atoms with E-state index >= 15 is 0 Å². The number of para-hydroxylation sites is 1. The number of carbonyl (C=O) groups excluding carboxylic acids is 2. The van der Waals surface area contributed by atoms with E-state index in [-0.39, 0.29) is 10.6 Å². The fourth-order valence-corrected chi connectivity index (χ4v) is 2.88. The molecule has 0 aliphatic carbocycles. The van der Waals surface area contributed by atoms with E-state index in [0.29, 0.717) is 41.8 Å². The van der Waals surface area contributed by atoms with Crippen molar-refractivity contribution in [2.24, 2.45) is 0 Å². The fraction of sp³-hybridized carbons (Fsp3) is 0.263. The summed E-state index contributed by atoms with van der Waals surface area (Å²) in [4.78, 5) is 24.7. The summed E-state index contributed by atoms with van der Waals surface area (Å²) >= 11 is 12.2. The van der Waals surface area contributed by atoms with Crippen LogP contribution in [0, 0.1) is 0 Å². The lowest BCUT2D eigenvalue weighted by molar-refractivity contribution is -0.123. The summed E-state index contributed by atoms with van der Waals surface area (Å²) in [6, 6.07) is 9.70. The summed E-state index contributed by atoms with van der Waals surface area (Å²) in [5, 5.41) is 3.25. The first-order chi connectivity index (χ1) is 13.0. The zero-order chi connectivity index (χ0) is 19.4. The van der Waals surface area contributed by atoms with E-state index in [4.69, 9.17) is 37.4 Å². The van der Waals surface area contributed by atoms with E-state index in [1.807, 2.05) is 0 Å². The van der Waals surface area contributed by atoms with Gasteiger partial charge in [0.25, 0.3) is 5.91 Å². The minimum atomic E-state index is -1.04. The number of esters is 1. The average molecular weight is 410 g/mol. The SMILES string of the molecule is C[C@@H](OC(=O)c1cc(Cl)c2c(c1)OCCCO2)C(=O)Nc1ccccc1Cl. The highest BCUT2D eigenvalue weighted by Gasteiger charge is 2.23.